The molecule has 1 amide bonds. The molecule has 1 aromatic rings. The van der Waals surface area contributed by atoms with Crippen LogP contribution in [0, 0.1) is 0 Å². The topological polar surface area (TPSA) is 57.7 Å². The van der Waals surface area contributed by atoms with Crippen LogP contribution >= 0.6 is 0 Å². The van der Waals surface area contributed by atoms with Crippen LogP contribution in [0.25, 0.3) is 0 Å². The minimum atomic E-state index is -4.51. The lowest BCUT2D eigenvalue weighted by molar-refractivity contribution is -0.137. The lowest BCUT2D eigenvalue weighted by Gasteiger charge is -2.33. The van der Waals surface area contributed by atoms with E-state index in [0.29, 0.717) is 0 Å². The van der Waals surface area contributed by atoms with Crippen LogP contribution in [0.3, 0.4) is 0 Å². The maximum absolute atomic E-state index is 12.6. The molecule has 0 radical (unpaired) electrons. The monoisotopic (exact) mass is 376 g/mol. The fraction of sp³-hybridized carbons (Fsp3) is 0.438. The molecule has 0 atom stereocenters. The maximum Gasteiger partial charge on any atom is 0.416 e. The van der Waals surface area contributed by atoms with Crippen molar-refractivity contribution in [3.05, 3.63) is 41.5 Å². The summed E-state index contributed by atoms with van der Waals surface area (Å²) in [6, 6.07) is 3.42. The van der Waals surface area contributed by atoms with Gasteiger partial charge in [0.15, 0.2) is 0 Å². The van der Waals surface area contributed by atoms with Crippen molar-refractivity contribution in [3.8, 4) is 0 Å². The van der Waals surface area contributed by atoms with E-state index in [-0.39, 0.29) is 37.0 Å². The van der Waals surface area contributed by atoms with E-state index in [1.54, 1.807) is 18.7 Å². The quantitative estimate of drug-likeness (QED) is 0.762. The molecule has 1 aliphatic rings. The average molecular weight is 376 g/mol. The van der Waals surface area contributed by atoms with Gasteiger partial charge in [-0.25, -0.2) is 8.42 Å². The standard InChI is InChI=1S/C16H19F3N2O3S/c1-12(2)11-15(22)20-7-9-21(10-8-20)25(23,24)14-5-3-13(4-6-14)16(17,18)19/h3-6,11H,7-10H2,1-2H3. The lowest BCUT2D eigenvalue weighted by Crippen LogP contribution is -2.50. The summed E-state index contributed by atoms with van der Waals surface area (Å²) in [6.07, 6.45) is -3.03. The van der Waals surface area contributed by atoms with Crippen molar-refractivity contribution in [1.29, 1.82) is 0 Å². The van der Waals surface area contributed by atoms with Crippen LogP contribution in [0.1, 0.15) is 19.4 Å². The van der Waals surface area contributed by atoms with Gasteiger partial charge in [-0.15, -0.1) is 0 Å². The van der Waals surface area contributed by atoms with Crippen molar-refractivity contribution in [2.24, 2.45) is 0 Å². The van der Waals surface area contributed by atoms with E-state index in [4.69, 9.17) is 0 Å². The van der Waals surface area contributed by atoms with Gasteiger partial charge in [0.1, 0.15) is 0 Å². The third-order valence-electron chi connectivity index (χ3n) is 3.78. The Morgan fingerprint density at radius 3 is 2.00 bits per heavy atom. The van der Waals surface area contributed by atoms with E-state index in [2.05, 4.69) is 0 Å². The molecular formula is C16H19F3N2O3S. The molecule has 0 bridgehead atoms. The van der Waals surface area contributed by atoms with E-state index >= 15 is 0 Å². The predicted octanol–water partition coefficient (Wildman–Crippen LogP) is 2.50. The predicted molar refractivity (Wildman–Crippen MR) is 86.2 cm³/mol. The van der Waals surface area contributed by atoms with E-state index in [1.807, 2.05) is 0 Å². The highest BCUT2D eigenvalue weighted by atomic mass is 32.2. The number of carbonyl (C=O) groups is 1. The highest BCUT2D eigenvalue weighted by Crippen LogP contribution is 2.30. The van der Waals surface area contributed by atoms with Gasteiger partial charge in [0.05, 0.1) is 10.5 Å². The second-order valence-electron chi connectivity index (χ2n) is 5.97. The van der Waals surface area contributed by atoms with Crippen molar-refractivity contribution in [3.63, 3.8) is 0 Å². The van der Waals surface area contributed by atoms with Crippen LogP contribution in [-0.2, 0) is 21.0 Å². The summed E-state index contributed by atoms with van der Waals surface area (Å²) >= 11 is 0. The zero-order chi connectivity index (χ0) is 18.8. The van der Waals surface area contributed by atoms with Crippen molar-refractivity contribution < 1.29 is 26.4 Å². The average Bonchev–Trinajstić information content (AvgIpc) is 2.53. The van der Waals surface area contributed by atoms with Crippen LogP contribution in [-0.4, -0.2) is 49.7 Å². The van der Waals surface area contributed by atoms with Crippen LogP contribution in [0.4, 0.5) is 13.2 Å². The Labute approximate surface area is 144 Å². The molecule has 1 heterocycles. The first-order valence-electron chi connectivity index (χ1n) is 7.63. The Morgan fingerprint density at radius 1 is 1.04 bits per heavy atom. The second kappa shape index (κ2) is 7.17. The van der Waals surface area contributed by atoms with Crippen molar-refractivity contribution in [1.82, 2.24) is 9.21 Å². The summed E-state index contributed by atoms with van der Waals surface area (Å²) in [6.45, 7) is 4.27. The van der Waals surface area contributed by atoms with Gasteiger partial charge in [-0.3, -0.25) is 4.79 Å². The summed E-state index contributed by atoms with van der Waals surface area (Å²) in [5.41, 5.74) is -0.0478. The fourth-order valence-electron chi connectivity index (χ4n) is 2.45. The summed E-state index contributed by atoms with van der Waals surface area (Å²) < 4.78 is 64.0. The molecule has 5 nitrogen and oxygen atoms in total. The highest BCUT2D eigenvalue weighted by Gasteiger charge is 2.33. The molecule has 1 aliphatic heterocycles. The third kappa shape index (κ3) is 4.60. The molecule has 1 saturated heterocycles. The first-order chi connectivity index (χ1) is 11.5. The van der Waals surface area contributed by atoms with Gasteiger partial charge in [-0.1, -0.05) is 5.57 Å². The van der Waals surface area contributed by atoms with Crippen LogP contribution in [0.15, 0.2) is 40.8 Å². The van der Waals surface area contributed by atoms with Gasteiger partial charge in [-0.2, -0.15) is 17.5 Å². The zero-order valence-corrected chi connectivity index (χ0v) is 14.7. The number of allylic oxidation sites excluding steroid dienone is 1. The number of halogens is 3. The molecule has 9 heteroatoms. The number of hydrogen-bond donors (Lipinski definition) is 0. The van der Waals surface area contributed by atoms with E-state index in [1.165, 1.54) is 10.4 Å². The normalized spacial score (nSPS) is 16.6. The van der Waals surface area contributed by atoms with Crippen molar-refractivity contribution >= 4 is 15.9 Å². The van der Waals surface area contributed by atoms with Gasteiger partial charge in [0.25, 0.3) is 0 Å². The fourth-order valence-corrected chi connectivity index (χ4v) is 3.87. The van der Waals surface area contributed by atoms with Crippen LogP contribution < -0.4 is 0 Å². The number of sulfonamides is 1. The molecule has 25 heavy (non-hydrogen) atoms. The van der Waals surface area contributed by atoms with Gasteiger partial charge in [0.2, 0.25) is 15.9 Å². The van der Waals surface area contributed by atoms with Crippen molar-refractivity contribution in [2.45, 2.75) is 24.9 Å². The number of piperazine rings is 1. The first kappa shape index (κ1) is 19.5. The number of alkyl halides is 3. The molecule has 0 aliphatic carbocycles. The SMILES string of the molecule is CC(C)=CC(=O)N1CCN(S(=O)(=O)c2ccc(C(F)(F)F)cc2)CC1. The van der Waals surface area contributed by atoms with Crippen LogP contribution in [0.5, 0.6) is 0 Å². The maximum atomic E-state index is 12.6. The Bertz CT molecular complexity index is 759. The minimum absolute atomic E-state index is 0.103. The van der Waals surface area contributed by atoms with Gasteiger partial charge in [-0.05, 0) is 38.1 Å². The minimum Gasteiger partial charge on any atom is -0.337 e. The molecule has 0 aromatic heterocycles. The Balaban J connectivity index is 2.09. The number of nitrogens with zero attached hydrogens (tertiary/aromatic N) is 2. The molecule has 0 unspecified atom stereocenters. The Hall–Kier alpha value is -1.87. The molecule has 0 N–H and O–H groups in total. The Morgan fingerprint density at radius 2 is 1.56 bits per heavy atom. The van der Waals surface area contributed by atoms with Crippen LogP contribution in [0.2, 0.25) is 0 Å². The van der Waals surface area contributed by atoms with Gasteiger partial charge < -0.3 is 4.90 Å². The molecule has 1 fully saturated rings. The number of benzene rings is 1. The number of amides is 1. The third-order valence-corrected chi connectivity index (χ3v) is 5.69. The van der Waals surface area contributed by atoms with E-state index in [9.17, 15) is 26.4 Å². The summed E-state index contributed by atoms with van der Waals surface area (Å²) in [5.74, 6) is -0.174. The summed E-state index contributed by atoms with van der Waals surface area (Å²) in [7, 11) is -3.88. The smallest absolute Gasteiger partial charge is 0.337 e. The first-order valence-corrected chi connectivity index (χ1v) is 9.07. The molecular weight excluding hydrogens is 357 g/mol. The van der Waals surface area contributed by atoms with Gasteiger partial charge >= 0.3 is 6.18 Å². The lowest BCUT2D eigenvalue weighted by atomic mass is 10.2. The molecule has 2 rings (SSSR count). The highest BCUT2D eigenvalue weighted by molar-refractivity contribution is 7.89. The van der Waals surface area contributed by atoms with E-state index < -0.39 is 21.8 Å². The summed E-state index contributed by atoms with van der Waals surface area (Å²) in [4.78, 5) is 13.3. The van der Waals surface area contributed by atoms with Crippen molar-refractivity contribution in [2.75, 3.05) is 26.2 Å². The number of rotatable bonds is 3. The summed E-state index contributed by atoms with van der Waals surface area (Å²) in [5, 5.41) is 0. The number of carbonyl (C=O) groups excluding carboxylic acids is 1. The molecule has 1 aromatic carbocycles. The largest absolute Gasteiger partial charge is 0.416 e. The van der Waals surface area contributed by atoms with E-state index in [0.717, 1.165) is 29.8 Å². The molecule has 0 saturated carbocycles. The molecule has 0 spiro atoms. The zero-order valence-electron chi connectivity index (χ0n) is 13.9. The second-order valence-corrected chi connectivity index (χ2v) is 7.91. The Kier molecular flexibility index (Phi) is 5.58. The molecule has 138 valence electrons. The van der Waals surface area contributed by atoms with Gasteiger partial charge in [0, 0.05) is 32.3 Å². The number of hydrogen-bond acceptors (Lipinski definition) is 3.